The van der Waals surface area contributed by atoms with Crippen LogP contribution in [0.2, 0.25) is 0 Å². The van der Waals surface area contributed by atoms with Crippen molar-refractivity contribution in [2.24, 2.45) is 5.92 Å². The Morgan fingerprint density at radius 1 is 1.05 bits per heavy atom. The molecule has 3 fully saturated rings. The lowest BCUT2D eigenvalue weighted by Crippen LogP contribution is -2.35. The molecule has 3 aliphatic rings. The van der Waals surface area contributed by atoms with E-state index in [1.54, 1.807) is 0 Å². The number of nitrogens with zero attached hydrogens (tertiary/aromatic N) is 3. The summed E-state index contributed by atoms with van der Waals surface area (Å²) < 4.78 is 0. The fourth-order valence-electron chi connectivity index (χ4n) is 3.81. The van der Waals surface area contributed by atoms with Crippen LogP contribution in [-0.4, -0.2) is 28.6 Å². The molecule has 0 amide bonds. The number of hydrogen-bond acceptors (Lipinski definition) is 4. The van der Waals surface area contributed by atoms with Gasteiger partial charge in [-0.1, -0.05) is 12.8 Å². The van der Waals surface area contributed by atoms with Gasteiger partial charge >= 0.3 is 0 Å². The summed E-state index contributed by atoms with van der Waals surface area (Å²) in [6.07, 6.45) is 13.5. The first-order valence-electron chi connectivity index (χ1n) is 8.21. The second-order valence-electron chi connectivity index (χ2n) is 6.62. The minimum Gasteiger partial charge on any atom is -0.352 e. The van der Waals surface area contributed by atoms with Crippen molar-refractivity contribution in [3.05, 3.63) is 18.1 Å². The van der Waals surface area contributed by atoms with Gasteiger partial charge in [0, 0.05) is 25.2 Å². The summed E-state index contributed by atoms with van der Waals surface area (Å²) in [7, 11) is 0. The molecule has 20 heavy (non-hydrogen) atoms. The third kappa shape index (κ3) is 2.53. The summed E-state index contributed by atoms with van der Waals surface area (Å²) in [6, 6.07) is 1.46. The zero-order chi connectivity index (χ0) is 13.4. The topological polar surface area (TPSA) is 41.1 Å². The summed E-state index contributed by atoms with van der Waals surface area (Å²) in [5, 5.41) is 3.49. The first-order valence-corrected chi connectivity index (χ1v) is 8.21. The van der Waals surface area contributed by atoms with E-state index in [-0.39, 0.29) is 0 Å². The van der Waals surface area contributed by atoms with Crippen LogP contribution in [0.5, 0.6) is 0 Å². The van der Waals surface area contributed by atoms with E-state index in [1.807, 2.05) is 12.4 Å². The molecule has 0 spiro atoms. The zero-order valence-corrected chi connectivity index (χ0v) is 12.1. The van der Waals surface area contributed by atoms with Crippen molar-refractivity contribution < 1.29 is 0 Å². The highest BCUT2D eigenvalue weighted by Gasteiger charge is 2.36. The molecule has 4 rings (SSSR count). The van der Waals surface area contributed by atoms with Crippen LogP contribution < -0.4 is 10.2 Å². The highest BCUT2D eigenvalue weighted by molar-refractivity contribution is 5.39. The van der Waals surface area contributed by atoms with Gasteiger partial charge in [-0.3, -0.25) is 4.98 Å². The van der Waals surface area contributed by atoms with Gasteiger partial charge < -0.3 is 10.2 Å². The van der Waals surface area contributed by atoms with Gasteiger partial charge in [-0.15, -0.1) is 0 Å². The summed E-state index contributed by atoms with van der Waals surface area (Å²) >= 11 is 0. The zero-order valence-electron chi connectivity index (χ0n) is 12.1. The van der Waals surface area contributed by atoms with Crippen molar-refractivity contribution in [2.75, 3.05) is 11.4 Å². The lowest BCUT2D eigenvalue weighted by molar-refractivity contribution is 0.341. The van der Waals surface area contributed by atoms with Crippen molar-refractivity contribution in [1.82, 2.24) is 15.3 Å². The SMILES string of the molecule is c1nc(N2CCC3CCCCC32)cnc1CNC1CC1. The lowest BCUT2D eigenvalue weighted by atomic mass is 9.85. The van der Waals surface area contributed by atoms with Gasteiger partial charge in [0.05, 0.1) is 18.1 Å². The third-order valence-electron chi connectivity index (χ3n) is 5.15. The molecule has 1 aromatic rings. The molecule has 0 aromatic carbocycles. The molecule has 1 aliphatic heterocycles. The molecular weight excluding hydrogens is 248 g/mol. The van der Waals surface area contributed by atoms with Crippen molar-refractivity contribution in [2.45, 2.75) is 63.6 Å². The maximum atomic E-state index is 4.67. The van der Waals surface area contributed by atoms with Gasteiger partial charge in [0.25, 0.3) is 0 Å². The first kappa shape index (κ1) is 12.6. The van der Waals surface area contributed by atoms with Gasteiger partial charge in [-0.25, -0.2) is 4.98 Å². The molecular formula is C16H24N4. The van der Waals surface area contributed by atoms with E-state index in [4.69, 9.17) is 0 Å². The summed E-state index contributed by atoms with van der Waals surface area (Å²) in [5.74, 6) is 2.00. The van der Waals surface area contributed by atoms with E-state index in [0.717, 1.165) is 36.1 Å². The average molecular weight is 272 g/mol. The van der Waals surface area contributed by atoms with E-state index in [1.165, 1.54) is 51.5 Å². The Labute approximate surface area is 121 Å². The predicted octanol–water partition coefficient (Wildman–Crippen LogP) is 2.50. The van der Waals surface area contributed by atoms with Crippen LogP contribution >= 0.6 is 0 Å². The number of nitrogens with one attached hydrogen (secondary N) is 1. The van der Waals surface area contributed by atoms with Crippen LogP contribution in [0.25, 0.3) is 0 Å². The Morgan fingerprint density at radius 2 is 1.95 bits per heavy atom. The quantitative estimate of drug-likeness (QED) is 0.914. The Kier molecular flexibility index (Phi) is 3.34. The molecule has 1 aromatic heterocycles. The third-order valence-corrected chi connectivity index (χ3v) is 5.15. The van der Waals surface area contributed by atoms with Crippen molar-refractivity contribution in [3.8, 4) is 0 Å². The Morgan fingerprint density at radius 3 is 2.75 bits per heavy atom. The van der Waals surface area contributed by atoms with E-state index in [9.17, 15) is 0 Å². The first-order chi connectivity index (χ1) is 9.90. The maximum Gasteiger partial charge on any atom is 0.147 e. The Hall–Kier alpha value is -1.16. The summed E-state index contributed by atoms with van der Waals surface area (Å²) in [5.41, 5.74) is 1.07. The van der Waals surface area contributed by atoms with E-state index in [2.05, 4.69) is 20.2 Å². The number of fused-ring (bicyclic) bond motifs is 1. The fourth-order valence-corrected chi connectivity index (χ4v) is 3.81. The maximum absolute atomic E-state index is 4.67. The second kappa shape index (κ2) is 5.32. The second-order valence-corrected chi connectivity index (χ2v) is 6.62. The van der Waals surface area contributed by atoms with Crippen LogP contribution in [0.15, 0.2) is 12.4 Å². The van der Waals surface area contributed by atoms with E-state index >= 15 is 0 Å². The fraction of sp³-hybridized carbons (Fsp3) is 0.750. The van der Waals surface area contributed by atoms with Gasteiger partial charge in [0.15, 0.2) is 0 Å². The molecule has 2 heterocycles. The molecule has 0 radical (unpaired) electrons. The molecule has 2 aliphatic carbocycles. The predicted molar refractivity (Wildman–Crippen MR) is 79.6 cm³/mol. The normalized spacial score (nSPS) is 29.5. The summed E-state index contributed by atoms with van der Waals surface area (Å²) in [4.78, 5) is 11.8. The van der Waals surface area contributed by atoms with E-state index < -0.39 is 0 Å². The molecule has 0 bridgehead atoms. The highest BCUT2D eigenvalue weighted by Crippen LogP contribution is 2.37. The van der Waals surface area contributed by atoms with Crippen LogP contribution in [-0.2, 0) is 6.54 Å². The van der Waals surface area contributed by atoms with E-state index in [0.29, 0.717) is 0 Å². The summed E-state index contributed by atoms with van der Waals surface area (Å²) in [6.45, 7) is 2.04. The van der Waals surface area contributed by atoms with Gasteiger partial charge in [-0.2, -0.15) is 0 Å². The number of aromatic nitrogens is 2. The molecule has 2 saturated carbocycles. The molecule has 2 unspecified atom stereocenters. The molecule has 4 heteroatoms. The highest BCUT2D eigenvalue weighted by atomic mass is 15.2. The van der Waals surface area contributed by atoms with Crippen molar-refractivity contribution in [3.63, 3.8) is 0 Å². The molecule has 2 atom stereocenters. The molecule has 1 saturated heterocycles. The number of hydrogen-bond donors (Lipinski definition) is 1. The van der Waals surface area contributed by atoms with Crippen LogP contribution in [0, 0.1) is 5.92 Å². The standard InChI is InChI=1S/C16H24N4/c1-2-4-15-12(3-1)7-8-20(15)16-11-18-14(10-19-16)9-17-13-5-6-13/h10-13,15,17H,1-9H2. The molecule has 108 valence electrons. The van der Waals surface area contributed by atoms with Crippen LogP contribution in [0.3, 0.4) is 0 Å². The van der Waals surface area contributed by atoms with Gasteiger partial charge in [-0.05, 0) is 38.0 Å². The largest absolute Gasteiger partial charge is 0.352 e. The molecule has 4 nitrogen and oxygen atoms in total. The smallest absolute Gasteiger partial charge is 0.147 e. The minimum absolute atomic E-state index is 0.730. The minimum atomic E-state index is 0.730. The average Bonchev–Trinajstić information content (AvgIpc) is 3.23. The molecule has 1 N–H and O–H groups in total. The Balaban J connectivity index is 1.42. The Bertz CT molecular complexity index is 454. The van der Waals surface area contributed by atoms with Crippen molar-refractivity contribution >= 4 is 5.82 Å². The lowest BCUT2D eigenvalue weighted by Gasteiger charge is -2.32. The van der Waals surface area contributed by atoms with Gasteiger partial charge in [0.2, 0.25) is 0 Å². The number of anilines is 1. The van der Waals surface area contributed by atoms with Crippen LogP contribution in [0.1, 0.15) is 50.6 Å². The monoisotopic (exact) mass is 272 g/mol. The van der Waals surface area contributed by atoms with Crippen molar-refractivity contribution in [1.29, 1.82) is 0 Å². The van der Waals surface area contributed by atoms with Gasteiger partial charge in [0.1, 0.15) is 5.82 Å². The van der Waals surface area contributed by atoms with Crippen LogP contribution in [0.4, 0.5) is 5.82 Å². The number of rotatable bonds is 4.